The van der Waals surface area contributed by atoms with E-state index in [0.29, 0.717) is 17.9 Å². The maximum absolute atomic E-state index is 12.3. The highest BCUT2D eigenvalue weighted by Gasteiger charge is 2.12. The zero-order valence-corrected chi connectivity index (χ0v) is 14.1. The Bertz CT molecular complexity index is 772. The average molecular weight is 340 g/mol. The van der Waals surface area contributed by atoms with E-state index in [4.69, 9.17) is 0 Å². The molecule has 1 aromatic carbocycles. The zero-order valence-electron chi connectivity index (χ0n) is 14.1. The Labute approximate surface area is 145 Å². The van der Waals surface area contributed by atoms with Crippen molar-refractivity contribution in [2.75, 3.05) is 17.2 Å². The van der Waals surface area contributed by atoms with Gasteiger partial charge in [-0.2, -0.15) is 0 Å². The maximum atomic E-state index is 12.3. The van der Waals surface area contributed by atoms with Gasteiger partial charge in [-0.15, -0.1) is 0 Å². The second-order valence-electron chi connectivity index (χ2n) is 5.38. The molecular weight excluding hydrogens is 320 g/mol. The van der Waals surface area contributed by atoms with Gasteiger partial charge in [0.15, 0.2) is 0 Å². The first-order valence-electron chi connectivity index (χ1n) is 7.94. The number of carbonyl (C=O) groups is 3. The molecular formula is C18H20N4O3. The number of nitrogens with one attached hydrogen (secondary N) is 3. The van der Waals surface area contributed by atoms with Crippen LogP contribution in [0, 0.1) is 0 Å². The van der Waals surface area contributed by atoms with Crippen molar-refractivity contribution in [3.05, 3.63) is 53.9 Å². The van der Waals surface area contributed by atoms with Crippen LogP contribution >= 0.6 is 0 Å². The zero-order chi connectivity index (χ0) is 18.2. The largest absolute Gasteiger partial charge is 0.351 e. The molecule has 0 unspecified atom stereocenters. The molecule has 0 bridgehead atoms. The van der Waals surface area contributed by atoms with Crippen LogP contribution < -0.4 is 16.0 Å². The normalized spacial score (nSPS) is 10.0. The van der Waals surface area contributed by atoms with Crippen molar-refractivity contribution in [3.8, 4) is 0 Å². The van der Waals surface area contributed by atoms with E-state index in [1.165, 1.54) is 13.0 Å². The highest BCUT2D eigenvalue weighted by molar-refractivity contribution is 6.04. The van der Waals surface area contributed by atoms with Gasteiger partial charge in [-0.05, 0) is 42.8 Å². The average Bonchev–Trinajstić information content (AvgIpc) is 2.61. The van der Waals surface area contributed by atoms with Crippen LogP contribution in [-0.4, -0.2) is 29.3 Å². The minimum Gasteiger partial charge on any atom is -0.351 e. The lowest BCUT2D eigenvalue weighted by molar-refractivity contribution is -0.114. The molecule has 3 N–H and O–H groups in total. The molecule has 0 spiro atoms. The highest BCUT2D eigenvalue weighted by atomic mass is 16.2. The van der Waals surface area contributed by atoms with Crippen molar-refractivity contribution in [3.63, 3.8) is 0 Å². The van der Waals surface area contributed by atoms with E-state index >= 15 is 0 Å². The summed E-state index contributed by atoms with van der Waals surface area (Å²) in [5, 5.41) is 8.07. The molecule has 1 heterocycles. The Balaban J connectivity index is 2.05. The van der Waals surface area contributed by atoms with Crippen LogP contribution in [0.2, 0.25) is 0 Å². The molecule has 25 heavy (non-hydrogen) atoms. The molecule has 0 saturated carbocycles. The highest BCUT2D eigenvalue weighted by Crippen LogP contribution is 2.14. The SMILES string of the molecule is CCCNC(=O)c1cccc(C(=O)Nc2ccc(NC(C)=O)cc2)n1. The third-order valence-electron chi connectivity index (χ3n) is 3.21. The van der Waals surface area contributed by atoms with Crippen LogP contribution in [0.1, 0.15) is 41.2 Å². The summed E-state index contributed by atoms with van der Waals surface area (Å²) in [5.74, 6) is -0.896. The number of hydrogen-bond acceptors (Lipinski definition) is 4. The fourth-order valence-electron chi connectivity index (χ4n) is 2.05. The fraction of sp³-hybridized carbons (Fsp3) is 0.222. The molecule has 0 aliphatic rings. The van der Waals surface area contributed by atoms with E-state index in [-0.39, 0.29) is 23.2 Å². The summed E-state index contributed by atoms with van der Waals surface area (Å²) in [5.41, 5.74) is 1.54. The van der Waals surface area contributed by atoms with Gasteiger partial charge in [0.2, 0.25) is 5.91 Å². The van der Waals surface area contributed by atoms with Crippen LogP contribution in [0.25, 0.3) is 0 Å². The number of aromatic nitrogens is 1. The molecule has 1 aromatic heterocycles. The van der Waals surface area contributed by atoms with Crippen LogP contribution in [0.4, 0.5) is 11.4 Å². The lowest BCUT2D eigenvalue weighted by Gasteiger charge is -2.08. The van der Waals surface area contributed by atoms with Crippen molar-refractivity contribution in [2.45, 2.75) is 20.3 Å². The minimum atomic E-state index is -0.419. The third-order valence-corrected chi connectivity index (χ3v) is 3.21. The number of rotatable bonds is 6. The maximum Gasteiger partial charge on any atom is 0.274 e. The number of nitrogens with zero attached hydrogens (tertiary/aromatic N) is 1. The second kappa shape index (κ2) is 8.58. The van der Waals surface area contributed by atoms with Crippen LogP contribution in [0.5, 0.6) is 0 Å². The van der Waals surface area contributed by atoms with Gasteiger partial charge in [0.05, 0.1) is 0 Å². The van der Waals surface area contributed by atoms with E-state index in [2.05, 4.69) is 20.9 Å². The molecule has 2 aromatic rings. The van der Waals surface area contributed by atoms with Crippen molar-refractivity contribution < 1.29 is 14.4 Å². The van der Waals surface area contributed by atoms with Gasteiger partial charge < -0.3 is 16.0 Å². The Morgan fingerprint density at radius 2 is 1.44 bits per heavy atom. The van der Waals surface area contributed by atoms with Gasteiger partial charge in [-0.3, -0.25) is 14.4 Å². The summed E-state index contributed by atoms with van der Waals surface area (Å²) < 4.78 is 0. The number of anilines is 2. The van der Waals surface area contributed by atoms with E-state index in [0.717, 1.165) is 6.42 Å². The molecule has 0 fully saturated rings. The van der Waals surface area contributed by atoms with Gasteiger partial charge in [-0.1, -0.05) is 13.0 Å². The Morgan fingerprint density at radius 3 is 2.00 bits per heavy atom. The first-order valence-corrected chi connectivity index (χ1v) is 7.94. The van der Waals surface area contributed by atoms with Crippen molar-refractivity contribution in [1.82, 2.24) is 10.3 Å². The van der Waals surface area contributed by atoms with E-state index in [9.17, 15) is 14.4 Å². The molecule has 0 aliphatic heterocycles. The summed E-state index contributed by atoms with van der Waals surface area (Å²) >= 11 is 0. The van der Waals surface area contributed by atoms with Crippen LogP contribution in [0.3, 0.4) is 0 Å². The summed E-state index contributed by atoms with van der Waals surface area (Å²) in [6.45, 7) is 3.93. The molecule has 2 rings (SSSR count). The van der Waals surface area contributed by atoms with Gasteiger partial charge in [0, 0.05) is 24.8 Å². The minimum absolute atomic E-state index is 0.148. The summed E-state index contributed by atoms with van der Waals surface area (Å²) in [6, 6.07) is 11.4. The van der Waals surface area contributed by atoms with E-state index < -0.39 is 5.91 Å². The fourth-order valence-corrected chi connectivity index (χ4v) is 2.05. The monoisotopic (exact) mass is 340 g/mol. The first-order chi connectivity index (χ1) is 12.0. The lowest BCUT2D eigenvalue weighted by Crippen LogP contribution is -2.26. The lowest BCUT2D eigenvalue weighted by atomic mass is 10.2. The Hall–Kier alpha value is -3.22. The van der Waals surface area contributed by atoms with Crippen molar-refractivity contribution >= 4 is 29.1 Å². The van der Waals surface area contributed by atoms with Gasteiger partial charge in [0.25, 0.3) is 11.8 Å². The molecule has 0 saturated heterocycles. The van der Waals surface area contributed by atoms with Crippen LogP contribution in [-0.2, 0) is 4.79 Å². The first kappa shape index (κ1) is 18.1. The smallest absolute Gasteiger partial charge is 0.274 e. The Kier molecular flexibility index (Phi) is 6.22. The Morgan fingerprint density at radius 1 is 0.880 bits per heavy atom. The van der Waals surface area contributed by atoms with Gasteiger partial charge in [0.1, 0.15) is 11.4 Å². The molecule has 3 amide bonds. The molecule has 0 aliphatic carbocycles. The predicted octanol–water partition coefficient (Wildman–Crippen LogP) is 2.43. The van der Waals surface area contributed by atoms with Gasteiger partial charge in [-0.25, -0.2) is 4.98 Å². The van der Waals surface area contributed by atoms with E-state index in [1.807, 2.05) is 6.92 Å². The number of carbonyl (C=O) groups excluding carboxylic acids is 3. The number of benzene rings is 1. The van der Waals surface area contributed by atoms with Gasteiger partial charge >= 0.3 is 0 Å². The third kappa shape index (κ3) is 5.42. The topological polar surface area (TPSA) is 100 Å². The summed E-state index contributed by atoms with van der Waals surface area (Å²) in [6.07, 6.45) is 0.820. The second-order valence-corrected chi connectivity index (χ2v) is 5.38. The quantitative estimate of drug-likeness (QED) is 0.752. The summed E-state index contributed by atoms with van der Waals surface area (Å²) in [4.78, 5) is 39.3. The van der Waals surface area contributed by atoms with E-state index in [1.54, 1.807) is 36.4 Å². The number of pyridine rings is 1. The van der Waals surface area contributed by atoms with Crippen molar-refractivity contribution in [1.29, 1.82) is 0 Å². The standard InChI is InChI=1S/C18H20N4O3/c1-3-11-19-17(24)15-5-4-6-16(22-15)18(25)21-14-9-7-13(8-10-14)20-12(2)23/h4-10H,3,11H2,1-2H3,(H,19,24)(H,20,23)(H,21,25). The number of hydrogen-bond donors (Lipinski definition) is 3. The molecule has 130 valence electrons. The van der Waals surface area contributed by atoms with Crippen LogP contribution in [0.15, 0.2) is 42.5 Å². The van der Waals surface area contributed by atoms with Crippen molar-refractivity contribution in [2.24, 2.45) is 0 Å². The number of amides is 3. The molecule has 7 heteroatoms. The summed E-state index contributed by atoms with van der Waals surface area (Å²) in [7, 11) is 0. The molecule has 7 nitrogen and oxygen atoms in total. The molecule has 0 radical (unpaired) electrons. The molecule has 0 atom stereocenters. The predicted molar refractivity (Wildman–Crippen MR) is 95.6 cm³/mol.